The van der Waals surface area contributed by atoms with Crippen LogP contribution < -0.4 is 5.56 Å². The molecule has 1 heterocycles. The van der Waals surface area contributed by atoms with Gasteiger partial charge in [-0.1, -0.05) is 43.0 Å². The first-order chi connectivity index (χ1) is 15.3. The molecule has 1 atom stereocenters. The first-order valence-electron chi connectivity index (χ1n) is 10.1. The monoisotopic (exact) mass is 436 g/mol. The number of hydrogen-bond donors (Lipinski definition) is 0. The standard InChI is InChI=1S/C24H25FN4O3/c1-5-26-22-17(3)23(30)29(15-27-22)13-16(2)32-24(31)28(4)14-21(25)20-11-10-18-8-6-7-9-19(18)12-20/h5-12,15,21H,2,13-14H2,1,3-4H3/t21-/m0/s1. The maximum absolute atomic E-state index is 14.8. The second-order valence-corrected chi connectivity index (χ2v) is 7.37. The smallest absolute Gasteiger partial charge is 0.413 e. The summed E-state index contributed by atoms with van der Waals surface area (Å²) in [7, 11) is 1.44. The number of allylic oxidation sites excluding steroid dienone is 1. The van der Waals surface area contributed by atoms with Gasteiger partial charge in [-0.25, -0.2) is 19.2 Å². The number of rotatable bonds is 7. The SMILES string of the molecule is C=C(Cn1cnc(N=CC)c(C)c1=O)OC(=O)N(C)C[C@H](F)c1ccc2ccccc2c1. The van der Waals surface area contributed by atoms with Crippen molar-refractivity contribution in [2.45, 2.75) is 26.6 Å². The van der Waals surface area contributed by atoms with E-state index in [2.05, 4.69) is 16.6 Å². The molecular formula is C24H25FN4O3. The van der Waals surface area contributed by atoms with Crippen LogP contribution in [-0.4, -0.2) is 40.4 Å². The quantitative estimate of drug-likeness (QED) is 0.397. The molecule has 1 amide bonds. The molecule has 0 bridgehead atoms. The number of ether oxygens (including phenoxy) is 1. The fourth-order valence-electron chi connectivity index (χ4n) is 3.20. The summed E-state index contributed by atoms with van der Waals surface area (Å²) >= 11 is 0. The molecule has 3 aromatic rings. The molecule has 0 fully saturated rings. The van der Waals surface area contributed by atoms with E-state index in [0.717, 1.165) is 15.7 Å². The largest absolute Gasteiger partial charge is 0.414 e. The lowest BCUT2D eigenvalue weighted by molar-refractivity contribution is 0.122. The average Bonchev–Trinajstić information content (AvgIpc) is 2.78. The molecule has 32 heavy (non-hydrogen) atoms. The van der Waals surface area contributed by atoms with E-state index in [1.807, 2.05) is 30.3 Å². The summed E-state index contributed by atoms with van der Waals surface area (Å²) in [6.07, 6.45) is 0.721. The van der Waals surface area contributed by atoms with E-state index in [-0.39, 0.29) is 24.4 Å². The third-order valence-electron chi connectivity index (χ3n) is 4.95. The maximum Gasteiger partial charge on any atom is 0.414 e. The Bertz CT molecular complexity index is 1240. The number of likely N-dealkylation sites (N-methyl/N-ethyl adjacent to an activating group) is 1. The minimum absolute atomic E-state index is 0.0398. The highest BCUT2D eigenvalue weighted by Crippen LogP contribution is 2.24. The van der Waals surface area contributed by atoms with Crippen molar-refractivity contribution in [2.75, 3.05) is 13.6 Å². The van der Waals surface area contributed by atoms with Crippen LogP contribution in [0.1, 0.15) is 24.2 Å². The lowest BCUT2D eigenvalue weighted by atomic mass is 10.0. The number of halogens is 1. The number of alkyl halides is 1. The normalized spacial score (nSPS) is 12.1. The van der Waals surface area contributed by atoms with Gasteiger partial charge in [0.05, 0.1) is 18.7 Å². The van der Waals surface area contributed by atoms with Crippen LogP contribution in [-0.2, 0) is 11.3 Å². The zero-order valence-electron chi connectivity index (χ0n) is 18.3. The van der Waals surface area contributed by atoms with Crippen LogP contribution in [0.2, 0.25) is 0 Å². The van der Waals surface area contributed by atoms with E-state index in [1.54, 1.807) is 32.2 Å². The molecule has 0 spiro atoms. The van der Waals surface area contributed by atoms with Crippen LogP contribution in [0.25, 0.3) is 10.8 Å². The lowest BCUT2D eigenvalue weighted by Gasteiger charge is -2.20. The molecule has 0 unspecified atom stereocenters. The zero-order chi connectivity index (χ0) is 23.3. The van der Waals surface area contributed by atoms with E-state index >= 15 is 0 Å². The molecule has 0 saturated heterocycles. The molecule has 3 rings (SSSR count). The number of nitrogens with zero attached hydrogens (tertiary/aromatic N) is 4. The van der Waals surface area contributed by atoms with Gasteiger partial charge < -0.3 is 9.64 Å². The van der Waals surface area contributed by atoms with E-state index in [9.17, 15) is 14.0 Å². The molecule has 1 aromatic heterocycles. The van der Waals surface area contributed by atoms with Gasteiger partial charge in [-0.05, 0) is 36.2 Å². The highest BCUT2D eigenvalue weighted by Gasteiger charge is 2.19. The Hall–Kier alpha value is -3.81. The van der Waals surface area contributed by atoms with Crippen LogP contribution in [0.4, 0.5) is 15.0 Å². The van der Waals surface area contributed by atoms with Crippen molar-refractivity contribution in [3.63, 3.8) is 0 Å². The highest BCUT2D eigenvalue weighted by molar-refractivity contribution is 5.83. The van der Waals surface area contributed by atoms with E-state index < -0.39 is 12.3 Å². The van der Waals surface area contributed by atoms with Gasteiger partial charge in [0.15, 0.2) is 5.82 Å². The summed E-state index contributed by atoms with van der Waals surface area (Å²) in [5.74, 6) is 0.372. The van der Waals surface area contributed by atoms with Crippen LogP contribution in [0.15, 0.2) is 70.9 Å². The zero-order valence-corrected chi connectivity index (χ0v) is 18.3. The van der Waals surface area contributed by atoms with Crippen LogP contribution in [0.3, 0.4) is 0 Å². The van der Waals surface area contributed by atoms with Crippen molar-refractivity contribution in [1.82, 2.24) is 14.5 Å². The number of benzene rings is 2. The molecular weight excluding hydrogens is 411 g/mol. The third-order valence-corrected chi connectivity index (χ3v) is 4.95. The van der Waals surface area contributed by atoms with E-state index in [0.29, 0.717) is 16.9 Å². The molecule has 0 N–H and O–H groups in total. The predicted octanol–water partition coefficient (Wildman–Crippen LogP) is 4.72. The summed E-state index contributed by atoms with van der Waals surface area (Å²) < 4.78 is 21.3. The van der Waals surface area contributed by atoms with Crippen molar-refractivity contribution in [2.24, 2.45) is 4.99 Å². The van der Waals surface area contributed by atoms with E-state index in [1.165, 1.54) is 17.9 Å². The fourth-order valence-corrected chi connectivity index (χ4v) is 3.20. The second-order valence-electron chi connectivity index (χ2n) is 7.37. The Morgan fingerprint density at radius 1 is 1.31 bits per heavy atom. The van der Waals surface area contributed by atoms with Crippen LogP contribution in [0.5, 0.6) is 0 Å². The number of aliphatic imine (C=N–C) groups is 1. The Morgan fingerprint density at radius 2 is 2.03 bits per heavy atom. The second kappa shape index (κ2) is 10.00. The maximum atomic E-state index is 14.8. The Labute approximate surface area is 185 Å². The van der Waals surface area contributed by atoms with Gasteiger partial charge in [0.1, 0.15) is 18.3 Å². The summed E-state index contributed by atoms with van der Waals surface area (Å²) in [5, 5.41) is 1.94. The molecule has 0 saturated carbocycles. The first kappa shape index (κ1) is 22.9. The summed E-state index contributed by atoms with van der Waals surface area (Å²) in [5.41, 5.74) is 0.536. The molecule has 0 radical (unpaired) electrons. The topological polar surface area (TPSA) is 76.8 Å². The summed E-state index contributed by atoms with van der Waals surface area (Å²) in [6.45, 7) is 6.79. The number of fused-ring (bicyclic) bond motifs is 1. The number of amides is 1. The summed E-state index contributed by atoms with van der Waals surface area (Å²) in [6, 6.07) is 13.0. The van der Waals surface area contributed by atoms with Crippen molar-refractivity contribution in [1.29, 1.82) is 0 Å². The van der Waals surface area contributed by atoms with Crippen molar-refractivity contribution >= 4 is 28.9 Å². The molecule has 0 aliphatic carbocycles. The molecule has 166 valence electrons. The Morgan fingerprint density at radius 3 is 2.75 bits per heavy atom. The van der Waals surface area contributed by atoms with Crippen molar-refractivity contribution in [3.05, 3.63) is 82.6 Å². The Kier molecular flexibility index (Phi) is 7.14. The van der Waals surface area contributed by atoms with Crippen molar-refractivity contribution in [3.8, 4) is 0 Å². The number of carbonyl (C=O) groups is 1. The first-order valence-corrected chi connectivity index (χ1v) is 10.1. The number of carbonyl (C=O) groups excluding carboxylic acids is 1. The van der Waals surface area contributed by atoms with Crippen LogP contribution in [0, 0.1) is 6.92 Å². The van der Waals surface area contributed by atoms with Gasteiger partial charge in [-0.3, -0.25) is 9.36 Å². The van der Waals surface area contributed by atoms with Gasteiger partial charge in [0.2, 0.25) is 0 Å². The van der Waals surface area contributed by atoms with Gasteiger partial charge in [-0.2, -0.15) is 0 Å². The minimum atomic E-state index is -1.38. The van der Waals surface area contributed by atoms with E-state index in [4.69, 9.17) is 4.74 Å². The highest BCUT2D eigenvalue weighted by atomic mass is 19.1. The molecule has 0 aliphatic heterocycles. The number of aromatic nitrogens is 2. The van der Waals surface area contributed by atoms with Gasteiger partial charge >= 0.3 is 6.09 Å². The average molecular weight is 436 g/mol. The van der Waals surface area contributed by atoms with Gasteiger partial charge in [-0.15, -0.1) is 0 Å². The summed E-state index contributed by atoms with van der Waals surface area (Å²) in [4.78, 5) is 34.1. The minimum Gasteiger partial charge on any atom is -0.413 e. The van der Waals surface area contributed by atoms with Gasteiger partial charge in [0.25, 0.3) is 5.56 Å². The number of hydrogen-bond acceptors (Lipinski definition) is 5. The molecule has 8 heteroatoms. The molecule has 0 aliphatic rings. The predicted molar refractivity (Wildman–Crippen MR) is 123 cm³/mol. The molecule has 2 aromatic carbocycles. The van der Waals surface area contributed by atoms with Crippen molar-refractivity contribution < 1.29 is 13.9 Å². The fraction of sp³-hybridized carbons (Fsp3) is 0.250. The van der Waals surface area contributed by atoms with Gasteiger partial charge in [0, 0.05) is 13.3 Å². The third kappa shape index (κ3) is 5.26. The lowest BCUT2D eigenvalue weighted by Crippen LogP contribution is -2.31. The Balaban J connectivity index is 1.60. The molecule has 7 nitrogen and oxygen atoms in total. The van der Waals surface area contributed by atoms with Crippen LogP contribution >= 0.6 is 0 Å².